The van der Waals surface area contributed by atoms with Gasteiger partial charge in [-0.25, -0.2) is 0 Å². The number of nitrogens with one attached hydrogen (secondary N) is 1. The zero-order valence-corrected chi connectivity index (χ0v) is 11.7. The molecule has 0 fully saturated rings. The monoisotopic (exact) mass is 333 g/mol. The molecule has 16 heavy (non-hydrogen) atoms. The summed E-state index contributed by atoms with van der Waals surface area (Å²) in [7, 11) is 1.66. The molecule has 0 bridgehead atoms. The Kier molecular flexibility index (Phi) is 5.76. The highest BCUT2D eigenvalue weighted by Gasteiger charge is 2.08. The van der Waals surface area contributed by atoms with Crippen LogP contribution < -0.4 is 5.32 Å². The standard InChI is InChI=1S/C12H16INO2/c1-9(7-8-16-2)14-12(15)10-3-5-11(13)6-4-10/h3-6,9H,7-8H2,1-2H3,(H,14,15). The first-order valence-electron chi connectivity index (χ1n) is 5.19. The molecule has 0 aromatic heterocycles. The molecular formula is C12H16INO2. The number of halogens is 1. The predicted molar refractivity (Wildman–Crippen MR) is 72.6 cm³/mol. The fraction of sp³-hybridized carbons (Fsp3) is 0.417. The molecule has 88 valence electrons. The summed E-state index contributed by atoms with van der Waals surface area (Å²) >= 11 is 2.22. The molecule has 0 saturated carbocycles. The third kappa shape index (κ3) is 4.49. The Balaban J connectivity index is 2.48. The SMILES string of the molecule is COCCC(C)NC(=O)c1ccc(I)cc1. The minimum atomic E-state index is -0.0278. The highest BCUT2D eigenvalue weighted by molar-refractivity contribution is 14.1. The van der Waals surface area contributed by atoms with Gasteiger partial charge in [0.05, 0.1) is 0 Å². The van der Waals surface area contributed by atoms with Crippen molar-refractivity contribution in [3.8, 4) is 0 Å². The van der Waals surface area contributed by atoms with Crippen LogP contribution in [0.25, 0.3) is 0 Å². The van der Waals surface area contributed by atoms with Crippen molar-refractivity contribution in [2.75, 3.05) is 13.7 Å². The van der Waals surface area contributed by atoms with Crippen LogP contribution in [0, 0.1) is 3.57 Å². The van der Waals surface area contributed by atoms with Crippen LogP contribution in [0.15, 0.2) is 24.3 Å². The Labute approximate surface area is 110 Å². The Morgan fingerprint density at radius 3 is 2.62 bits per heavy atom. The summed E-state index contributed by atoms with van der Waals surface area (Å²) in [6, 6.07) is 7.65. The molecule has 0 aliphatic carbocycles. The van der Waals surface area contributed by atoms with Crippen LogP contribution in [0.4, 0.5) is 0 Å². The van der Waals surface area contributed by atoms with Gasteiger partial charge in [0.1, 0.15) is 0 Å². The number of hydrogen-bond acceptors (Lipinski definition) is 2. The van der Waals surface area contributed by atoms with Crippen molar-refractivity contribution in [1.82, 2.24) is 5.32 Å². The van der Waals surface area contributed by atoms with E-state index in [2.05, 4.69) is 27.9 Å². The van der Waals surface area contributed by atoms with E-state index in [1.807, 2.05) is 31.2 Å². The van der Waals surface area contributed by atoms with Crippen LogP contribution in [0.1, 0.15) is 23.7 Å². The minimum Gasteiger partial charge on any atom is -0.385 e. The third-order valence-electron chi connectivity index (χ3n) is 2.24. The van der Waals surface area contributed by atoms with Crippen molar-refractivity contribution < 1.29 is 9.53 Å². The van der Waals surface area contributed by atoms with Gasteiger partial charge in [0.2, 0.25) is 0 Å². The summed E-state index contributed by atoms with van der Waals surface area (Å²) in [6.45, 7) is 2.64. The predicted octanol–water partition coefficient (Wildman–Crippen LogP) is 2.45. The highest BCUT2D eigenvalue weighted by atomic mass is 127. The second-order valence-electron chi connectivity index (χ2n) is 3.66. The van der Waals surface area contributed by atoms with E-state index < -0.39 is 0 Å². The summed E-state index contributed by atoms with van der Waals surface area (Å²) < 4.78 is 6.09. The van der Waals surface area contributed by atoms with E-state index in [0.29, 0.717) is 12.2 Å². The van der Waals surface area contributed by atoms with Gasteiger partial charge < -0.3 is 10.1 Å². The van der Waals surface area contributed by atoms with Crippen molar-refractivity contribution in [2.24, 2.45) is 0 Å². The Bertz CT molecular complexity index is 337. The van der Waals surface area contributed by atoms with Gasteiger partial charge in [0.25, 0.3) is 5.91 Å². The Morgan fingerprint density at radius 1 is 1.44 bits per heavy atom. The van der Waals surface area contributed by atoms with Crippen molar-refractivity contribution in [3.63, 3.8) is 0 Å². The van der Waals surface area contributed by atoms with Crippen LogP contribution in [-0.2, 0) is 4.74 Å². The smallest absolute Gasteiger partial charge is 0.251 e. The van der Waals surface area contributed by atoms with Crippen LogP contribution in [0.2, 0.25) is 0 Å². The van der Waals surface area contributed by atoms with Gasteiger partial charge in [-0.3, -0.25) is 4.79 Å². The van der Waals surface area contributed by atoms with E-state index in [4.69, 9.17) is 4.74 Å². The minimum absolute atomic E-state index is 0.0278. The van der Waals surface area contributed by atoms with Gasteiger partial charge in [-0.15, -0.1) is 0 Å². The molecule has 0 heterocycles. The number of methoxy groups -OCH3 is 1. The maximum absolute atomic E-state index is 11.8. The summed E-state index contributed by atoms with van der Waals surface area (Å²) in [5.41, 5.74) is 0.699. The molecule has 1 rings (SSSR count). The Morgan fingerprint density at radius 2 is 2.06 bits per heavy atom. The quantitative estimate of drug-likeness (QED) is 0.841. The molecule has 1 atom stereocenters. The van der Waals surface area contributed by atoms with Crippen molar-refractivity contribution >= 4 is 28.5 Å². The van der Waals surface area contributed by atoms with Crippen LogP contribution >= 0.6 is 22.6 Å². The highest BCUT2D eigenvalue weighted by Crippen LogP contribution is 2.07. The fourth-order valence-electron chi connectivity index (χ4n) is 1.28. The van der Waals surface area contributed by atoms with Crippen molar-refractivity contribution in [2.45, 2.75) is 19.4 Å². The van der Waals surface area contributed by atoms with Gasteiger partial charge in [0, 0.05) is 28.9 Å². The first-order chi connectivity index (χ1) is 7.63. The summed E-state index contributed by atoms with van der Waals surface area (Å²) in [5, 5.41) is 2.93. The fourth-order valence-corrected chi connectivity index (χ4v) is 1.63. The number of amides is 1. The average molecular weight is 333 g/mol. The average Bonchev–Trinajstić information content (AvgIpc) is 2.27. The van der Waals surface area contributed by atoms with E-state index in [-0.39, 0.29) is 11.9 Å². The number of carbonyl (C=O) groups excluding carboxylic acids is 1. The van der Waals surface area contributed by atoms with Crippen LogP contribution in [0.3, 0.4) is 0 Å². The molecule has 1 aromatic carbocycles. The number of rotatable bonds is 5. The van der Waals surface area contributed by atoms with Crippen molar-refractivity contribution in [3.05, 3.63) is 33.4 Å². The van der Waals surface area contributed by atoms with Gasteiger partial charge in [-0.05, 0) is 60.2 Å². The molecule has 3 nitrogen and oxygen atoms in total. The lowest BCUT2D eigenvalue weighted by atomic mass is 10.2. The maximum atomic E-state index is 11.8. The summed E-state index contributed by atoms with van der Waals surface area (Å²) in [5.74, 6) is -0.0278. The largest absolute Gasteiger partial charge is 0.385 e. The summed E-state index contributed by atoms with van der Waals surface area (Å²) in [6.07, 6.45) is 0.826. The molecule has 0 aliphatic heterocycles. The molecule has 1 N–H and O–H groups in total. The van der Waals surface area contributed by atoms with Gasteiger partial charge >= 0.3 is 0 Å². The number of ether oxygens (including phenoxy) is 1. The van der Waals surface area contributed by atoms with E-state index >= 15 is 0 Å². The molecule has 1 unspecified atom stereocenters. The molecule has 0 radical (unpaired) electrons. The molecule has 1 aromatic rings. The zero-order valence-electron chi connectivity index (χ0n) is 9.50. The van der Waals surface area contributed by atoms with Crippen LogP contribution in [-0.4, -0.2) is 25.7 Å². The van der Waals surface area contributed by atoms with Crippen molar-refractivity contribution in [1.29, 1.82) is 0 Å². The molecule has 0 saturated heterocycles. The number of hydrogen-bond donors (Lipinski definition) is 1. The van der Waals surface area contributed by atoms with Crippen LogP contribution in [0.5, 0.6) is 0 Å². The third-order valence-corrected chi connectivity index (χ3v) is 2.96. The maximum Gasteiger partial charge on any atom is 0.251 e. The topological polar surface area (TPSA) is 38.3 Å². The molecule has 0 aliphatic rings. The van der Waals surface area contributed by atoms with E-state index in [9.17, 15) is 4.79 Å². The lowest BCUT2D eigenvalue weighted by Crippen LogP contribution is -2.33. The van der Waals surface area contributed by atoms with Gasteiger partial charge in [-0.2, -0.15) is 0 Å². The molecule has 1 amide bonds. The second kappa shape index (κ2) is 6.85. The first-order valence-corrected chi connectivity index (χ1v) is 6.26. The Hall–Kier alpha value is -0.620. The van der Waals surface area contributed by atoms with E-state index in [1.165, 1.54) is 0 Å². The first kappa shape index (κ1) is 13.4. The summed E-state index contributed by atoms with van der Waals surface area (Å²) in [4.78, 5) is 11.8. The molecule has 0 spiro atoms. The zero-order chi connectivity index (χ0) is 12.0. The normalized spacial score (nSPS) is 12.2. The lowest BCUT2D eigenvalue weighted by Gasteiger charge is -2.13. The lowest BCUT2D eigenvalue weighted by molar-refractivity contribution is 0.0929. The number of benzene rings is 1. The number of carbonyl (C=O) groups is 1. The van der Waals surface area contributed by atoms with E-state index in [0.717, 1.165) is 9.99 Å². The van der Waals surface area contributed by atoms with Gasteiger partial charge in [-0.1, -0.05) is 0 Å². The van der Waals surface area contributed by atoms with E-state index in [1.54, 1.807) is 7.11 Å². The second-order valence-corrected chi connectivity index (χ2v) is 4.91. The van der Waals surface area contributed by atoms with Gasteiger partial charge in [0.15, 0.2) is 0 Å². The molecular weight excluding hydrogens is 317 g/mol. The molecule has 4 heteroatoms.